The number of hydrogen-bond acceptors (Lipinski definition) is 5. The Labute approximate surface area is 108 Å². The van der Waals surface area contributed by atoms with E-state index in [1.807, 2.05) is 6.20 Å². The Morgan fingerprint density at radius 3 is 3.06 bits per heavy atom. The molecule has 1 amide bonds. The van der Waals surface area contributed by atoms with Gasteiger partial charge in [0.2, 0.25) is 0 Å². The van der Waals surface area contributed by atoms with Crippen molar-refractivity contribution in [2.24, 2.45) is 0 Å². The molecule has 2 N–H and O–H groups in total. The van der Waals surface area contributed by atoms with E-state index in [4.69, 9.17) is 16.7 Å². The van der Waals surface area contributed by atoms with Gasteiger partial charge in [0.15, 0.2) is 5.82 Å². The van der Waals surface area contributed by atoms with Crippen molar-refractivity contribution >= 4 is 23.5 Å². The fourth-order valence-corrected chi connectivity index (χ4v) is 2.23. The van der Waals surface area contributed by atoms with E-state index < -0.39 is 6.09 Å². The summed E-state index contributed by atoms with van der Waals surface area (Å²) in [5.74, 6) is 0.638. The number of hydrogen-bond donors (Lipinski definition) is 2. The number of halogens is 1. The first kappa shape index (κ1) is 11.2. The molecule has 0 aliphatic carbocycles. The zero-order chi connectivity index (χ0) is 12.7. The SMILES string of the molecule is O=C(O)N1CC2=CN(c3cc(Cl)ncn3)NC2C1. The Morgan fingerprint density at radius 2 is 2.39 bits per heavy atom. The summed E-state index contributed by atoms with van der Waals surface area (Å²) in [7, 11) is 0. The van der Waals surface area contributed by atoms with Gasteiger partial charge in [0, 0.05) is 25.4 Å². The maximum absolute atomic E-state index is 10.8. The summed E-state index contributed by atoms with van der Waals surface area (Å²) in [6.45, 7) is 0.860. The number of carbonyl (C=O) groups is 1. The number of rotatable bonds is 1. The molecule has 1 aromatic rings. The molecule has 0 bridgehead atoms. The number of likely N-dealkylation sites (tertiary alicyclic amines) is 1. The summed E-state index contributed by atoms with van der Waals surface area (Å²) in [4.78, 5) is 20.1. The van der Waals surface area contributed by atoms with Gasteiger partial charge in [-0.1, -0.05) is 11.6 Å². The molecule has 3 rings (SSSR count). The van der Waals surface area contributed by atoms with Crippen LogP contribution in [0, 0.1) is 0 Å². The fourth-order valence-electron chi connectivity index (χ4n) is 2.09. The Balaban J connectivity index is 1.79. The zero-order valence-electron chi connectivity index (χ0n) is 9.25. The first-order valence-electron chi connectivity index (χ1n) is 5.35. The summed E-state index contributed by atoms with van der Waals surface area (Å²) in [6.07, 6.45) is 2.34. The summed E-state index contributed by atoms with van der Waals surface area (Å²) in [5, 5.41) is 11.0. The molecule has 1 fully saturated rings. The van der Waals surface area contributed by atoms with Crippen molar-refractivity contribution in [1.29, 1.82) is 0 Å². The summed E-state index contributed by atoms with van der Waals surface area (Å²) in [5.41, 5.74) is 4.19. The maximum Gasteiger partial charge on any atom is 0.407 e. The fraction of sp³-hybridized carbons (Fsp3) is 0.300. The van der Waals surface area contributed by atoms with Crippen LogP contribution in [0.15, 0.2) is 24.2 Å². The first-order chi connectivity index (χ1) is 8.63. The third-order valence-corrected chi connectivity index (χ3v) is 3.16. The number of aromatic nitrogens is 2. The normalized spacial score (nSPS) is 22.1. The molecule has 94 valence electrons. The molecule has 8 heteroatoms. The lowest BCUT2D eigenvalue weighted by Gasteiger charge is -2.19. The second kappa shape index (κ2) is 4.11. The lowest BCUT2D eigenvalue weighted by molar-refractivity contribution is 0.155. The molecule has 0 radical (unpaired) electrons. The topological polar surface area (TPSA) is 81.6 Å². The van der Waals surface area contributed by atoms with Gasteiger partial charge in [-0.15, -0.1) is 0 Å². The van der Waals surface area contributed by atoms with E-state index in [1.165, 1.54) is 11.2 Å². The van der Waals surface area contributed by atoms with Crippen LogP contribution in [0.1, 0.15) is 0 Å². The van der Waals surface area contributed by atoms with E-state index in [-0.39, 0.29) is 6.04 Å². The molecule has 0 aromatic carbocycles. The lowest BCUT2D eigenvalue weighted by Crippen LogP contribution is -2.40. The van der Waals surface area contributed by atoms with E-state index in [0.717, 1.165) is 5.57 Å². The molecule has 0 spiro atoms. The van der Waals surface area contributed by atoms with Crippen LogP contribution < -0.4 is 10.4 Å². The maximum atomic E-state index is 10.8. The minimum absolute atomic E-state index is 0.00911. The quantitative estimate of drug-likeness (QED) is 0.729. The standard InChI is InChI=1S/C10H10ClN5O2/c11-8-1-9(13-5-12-8)16-3-6-2-15(10(17)18)4-7(6)14-16/h1,3,5,7,14H,2,4H2,(H,17,18). The highest BCUT2D eigenvalue weighted by molar-refractivity contribution is 6.29. The molecule has 1 saturated heterocycles. The van der Waals surface area contributed by atoms with Gasteiger partial charge in [0.05, 0.1) is 6.04 Å². The predicted octanol–water partition coefficient (Wildman–Crippen LogP) is 0.701. The molecule has 1 unspecified atom stereocenters. The second-order valence-corrected chi connectivity index (χ2v) is 4.50. The van der Waals surface area contributed by atoms with Crippen LogP contribution in [0.3, 0.4) is 0 Å². The van der Waals surface area contributed by atoms with Gasteiger partial charge in [0.1, 0.15) is 11.5 Å². The average Bonchev–Trinajstić information content (AvgIpc) is 2.86. The third kappa shape index (κ3) is 1.87. The summed E-state index contributed by atoms with van der Waals surface area (Å²) in [6, 6.07) is 1.65. The van der Waals surface area contributed by atoms with Crippen LogP contribution >= 0.6 is 11.6 Å². The third-order valence-electron chi connectivity index (χ3n) is 2.95. The molecule has 2 aliphatic rings. The van der Waals surface area contributed by atoms with E-state index >= 15 is 0 Å². The molecule has 18 heavy (non-hydrogen) atoms. The van der Waals surface area contributed by atoms with Gasteiger partial charge >= 0.3 is 6.09 Å². The van der Waals surface area contributed by atoms with Gasteiger partial charge in [-0.25, -0.2) is 20.2 Å². The van der Waals surface area contributed by atoms with E-state index in [0.29, 0.717) is 24.1 Å². The number of amides is 1. The van der Waals surface area contributed by atoms with Crippen LogP contribution in [-0.2, 0) is 0 Å². The van der Waals surface area contributed by atoms with Crippen molar-refractivity contribution in [2.75, 3.05) is 18.1 Å². The molecule has 3 heterocycles. The van der Waals surface area contributed by atoms with Gasteiger partial charge in [-0.2, -0.15) is 0 Å². The largest absolute Gasteiger partial charge is 0.465 e. The van der Waals surface area contributed by atoms with Crippen LogP contribution in [0.4, 0.5) is 10.6 Å². The predicted molar refractivity (Wildman–Crippen MR) is 64.1 cm³/mol. The lowest BCUT2D eigenvalue weighted by atomic mass is 10.2. The highest BCUT2D eigenvalue weighted by Crippen LogP contribution is 2.25. The summed E-state index contributed by atoms with van der Waals surface area (Å²) < 4.78 is 0. The molecule has 1 atom stereocenters. The van der Waals surface area contributed by atoms with Crippen molar-refractivity contribution < 1.29 is 9.90 Å². The smallest absolute Gasteiger partial charge is 0.407 e. The Hall–Kier alpha value is -1.86. The van der Waals surface area contributed by atoms with Crippen molar-refractivity contribution in [2.45, 2.75) is 6.04 Å². The van der Waals surface area contributed by atoms with Crippen molar-refractivity contribution in [1.82, 2.24) is 20.3 Å². The minimum Gasteiger partial charge on any atom is -0.465 e. The van der Waals surface area contributed by atoms with Gasteiger partial charge < -0.3 is 10.0 Å². The van der Waals surface area contributed by atoms with Gasteiger partial charge in [-0.3, -0.25) is 5.01 Å². The van der Waals surface area contributed by atoms with Gasteiger partial charge in [-0.05, 0) is 5.57 Å². The van der Waals surface area contributed by atoms with Crippen LogP contribution in [-0.4, -0.2) is 45.2 Å². The summed E-state index contributed by atoms with van der Waals surface area (Å²) >= 11 is 5.80. The van der Waals surface area contributed by atoms with Crippen LogP contribution in [0.25, 0.3) is 0 Å². The minimum atomic E-state index is -0.899. The number of anilines is 1. The molecule has 0 saturated carbocycles. The number of nitrogens with one attached hydrogen (secondary N) is 1. The molecular weight excluding hydrogens is 258 g/mol. The molecule has 7 nitrogen and oxygen atoms in total. The number of hydrazine groups is 1. The van der Waals surface area contributed by atoms with E-state index in [2.05, 4.69) is 15.4 Å². The zero-order valence-corrected chi connectivity index (χ0v) is 10.0. The second-order valence-electron chi connectivity index (χ2n) is 4.12. The number of nitrogens with zero attached hydrogens (tertiary/aromatic N) is 4. The molecule has 2 aliphatic heterocycles. The highest BCUT2D eigenvalue weighted by Gasteiger charge is 2.35. The Bertz CT molecular complexity index is 535. The number of carboxylic acid groups (broad SMARTS) is 1. The van der Waals surface area contributed by atoms with Crippen LogP contribution in [0.2, 0.25) is 5.15 Å². The van der Waals surface area contributed by atoms with E-state index in [1.54, 1.807) is 11.1 Å². The molecule has 1 aromatic heterocycles. The highest BCUT2D eigenvalue weighted by atomic mass is 35.5. The van der Waals surface area contributed by atoms with Crippen molar-refractivity contribution in [3.05, 3.63) is 29.3 Å². The Morgan fingerprint density at radius 1 is 1.56 bits per heavy atom. The monoisotopic (exact) mass is 267 g/mol. The first-order valence-corrected chi connectivity index (χ1v) is 5.72. The Kier molecular flexibility index (Phi) is 2.57. The van der Waals surface area contributed by atoms with Crippen LogP contribution in [0.5, 0.6) is 0 Å². The number of fused-ring (bicyclic) bond motifs is 1. The average molecular weight is 268 g/mol. The van der Waals surface area contributed by atoms with Crippen molar-refractivity contribution in [3.63, 3.8) is 0 Å². The molecular formula is C10H10ClN5O2. The van der Waals surface area contributed by atoms with Gasteiger partial charge in [0.25, 0.3) is 0 Å². The van der Waals surface area contributed by atoms with E-state index in [9.17, 15) is 4.79 Å². The van der Waals surface area contributed by atoms with Crippen molar-refractivity contribution in [3.8, 4) is 0 Å².